The van der Waals surface area contributed by atoms with Gasteiger partial charge in [-0.05, 0) is 49.3 Å². The molecule has 2 aromatic heterocycles. The van der Waals surface area contributed by atoms with Crippen molar-refractivity contribution >= 4 is 27.6 Å². The molecule has 0 N–H and O–H groups in total. The summed E-state index contributed by atoms with van der Waals surface area (Å²) >= 11 is 0. The predicted octanol–water partition coefficient (Wildman–Crippen LogP) is 3.99. The van der Waals surface area contributed by atoms with Crippen molar-refractivity contribution in [3.8, 4) is 5.69 Å². The van der Waals surface area contributed by atoms with Crippen LogP contribution in [-0.4, -0.2) is 49.9 Å². The molecule has 2 aromatic carbocycles. The molecule has 7 heteroatoms. The van der Waals surface area contributed by atoms with E-state index in [-0.39, 0.29) is 11.6 Å². The molecule has 30 heavy (non-hydrogen) atoms. The van der Waals surface area contributed by atoms with Crippen LogP contribution in [0.25, 0.3) is 27.5 Å². The van der Waals surface area contributed by atoms with Crippen LogP contribution in [0.15, 0.2) is 36.7 Å². The molecule has 5 rings (SSSR count). The number of benzene rings is 2. The fourth-order valence-corrected chi connectivity index (χ4v) is 4.70. The van der Waals surface area contributed by atoms with Crippen LogP contribution < -0.4 is 0 Å². The Hall–Kier alpha value is -3.06. The van der Waals surface area contributed by atoms with Crippen molar-refractivity contribution < 1.29 is 9.18 Å². The molecule has 1 aliphatic carbocycles. The summed E-state index contributed by atoms with van der Waals surface area (Å²) in [6.45, 7) is 7.88. The Bertz CT molecular complexity index is 1250. The quantitative estimate of drug-likeness (QED) is 0.487. The largest absolute Gasteiger partial charge is 0.339 e. The van der Waals surface area contributed by atoms with Gasteiger partial charge in [0, 0.05) is 41.4 Å². The molecule has 6 nitrogen and oxygen atoms in total. The maximum absolute atomic E-state index is 15.9. The topological polar surface area (TPSA) is 56.0 Å². The second kappa shape index (κ2) is 7.32. The van der Waals surface area contributed by atoms with Crippen molar-refractivity contribution in [1.29, 1.82) is 0 Å². The van der Waals surface area contributed by atoms with Gasteiger partial charge in [-0.2, -0.15) is 10.2 Å². The molecule has 0 bridgehead atoms. The van der Waals surface area contributed by atoms with E-state index in [1.165, 1.54) is 17.2 Å². The molecule has 0 saturated carbocycles. The first-order chi connectivity index (χ1) is 14.6. The Kier molecular flexibility index (Phi) is 4.62. The lowest BCUT2D eigenvalue weighted by Crippen LogP contribution is -2.27. The smallest absolute Gasteiger partial charge is 0.163 e. The van der Waals surface area contributed by atoms with E-state index in [2.05, 4.69) is 33.5 Å². The van der Waals surface area contributed by atoms with Crippen LogP contribution in [0.3, 0.4) is 0 Å². The first-order valence-corrected chi connectivity index (χ1v) is 10.5. The number of halogens is 1. The number of aromatic nitrogens is 4. The number of ketones is 1. The van der Waals surface area contributed by atoms with Crippen molar-refractivity contribution in [3.05, 3.63) is 53.6 Å². The van der Waals surface area contributed by atoms with Gasteiger partial charge in [0.2, 0.25) is 0 Å². The average molecular weight is 405 g/mol. The van der Waals surface area contributed by atoms with Crippen LogP contribution in [0.1, 0.15) is 36.2 Å². The third-order valence-electron chi connectivity index (χ3n) is 6.29. The van der Waals surface area contributed by atoms with Crippen LogP contribution in [0.2, 0.25) is 0 Å². The molecule has 0 unspecified atom stereocenters. The second-order valence-electron chi connectivity index (χ2n) is 7.70. The lowest BCUT2D eigenvalue weighted by molar-refractivity contribution is 0.0994. The number of rotatable bonds is 6. The second-order valence-corrected chi connectivity index (χ2v) is 7.70. The van der Waals surface area contributed by atoms with Gasteiger partial charge in [-0.15, -0.1) is 4.80 Å². The lowest BCUT2D eigenvalue weighted by Gasteiger charge is -2.19. The molecule has 4 aromatic rings. The maximum Gasteiger partial charge on any atom is 0.163 e. The molecule has 0 amide bonds. The molecule has 2 heterocycles. The molecule has 0 atom stereocenters. The monoisotopic (exact) mass is 405 g/mol. The van der Waals surface area contributed by atoms with Crippen molar-refractivity contribution in [2.24, 2.45) is 0 Å². The van der Waals surface area contributed by atoms with Crippen LogP contribution in [-0.2, 0) is 13.0 Å². The van der Waals surface area contributed by atoms with Crippen molar-refractivity contribution in [3.63, 3.8) is 0 Å². The number of hydrogen-bond donors (Lipinski definition) is 0. The molecule has 154 valence electrons. The van der Waals surface area contributed by atoms with E-state index < -0.39 is 0 Å². The van der Waals surface area contributed by atoms with Crippen molar-refractivity contribution in [2.75, 3.05) is 19.6 Å². The van der Waals surface area contributed by atoms with Crippen molar-refractivity contribution in [2.45, 2.75) is 33.2 Å². The first kappa shape index (κ1) is 18.9. The van der Waals surface area contributed by atoms with E-state index in [1.54, 1.807) is 6.07 Å². The van der Waals surface area contributed by atoms with E-state index in [9.17, 15) is 4.79 Å². The van der Waals surface area contributed by atoms with Crippen LogP contribution >= 0.6 is 0 Å². The van der Waals surface area contributed by atoms with E-state index in [4.69, 9.17) is 0 Å². The van der Waals surface area contributed by atoms with Crippen LogP contribution in [0, 0.1) is 5.82 Å². The molecule has 0 fully saturated rings. The zero-order chi connectivity index (χ0) is 20.8. The van der Waals surface area contributed by atoms with Gasteiger partial charge in [-0.1, -0.05) is 13.8 Å². The van der Waals surface area contributed by atoms with E-state index in [1.807, 2.05) is 18.2 Å². The lowest BCUT2D eigenvalue weighted by atomic mass is 10.0. The molecule has 0 saturated heterocycles. The highest BCUT2D eigenvalue weighted by molar-refractivity contribution is 6.15. The van der Waals surface area contributed by atoms with Crippen LogP contribution in [0.5, 0.6) is 0 Å². The molecule has 1 aliphatic rings. The van der Waals surface area contributed by atoms with E-state index in [0.29, 0.717) is 23.9 Å². The van der Waals surface area contributed by atoms with Gasteiger partial charge in [0.05, 0.1) is 17.9 Å². The maximum atomic E-state index is 15.9. The SMILES string of the molecule is CCN(CC)CCn1c2ccc(-n3nccn3)c(F)c2c2c3c(ccc21)C(=O)CC3. The molecule has 0 aliphatic heterocycles. The highest BCUT2D eigenvalue weighted by Crippen LogP contribution is 2.39. The Morgan fingerprint density at radius 1 is 1.00 bits per heavy atom. The van der Waals surface area contributed by atoms with Crippen LogP contribution in [0.4, 0.5) is 4.39 Å². The zero-order valence-electron chi connectivity index (χ0n) is 17.2. The van der Waals surface area contributed by atoms with Gasteiger partial charge in [-0.25, -0.2) is 4.39 Å². The summed E-state index contributed by atoms with van der Waals surface area (Å²) in [6, 6.07) is 7.57. The molecule has 0 radical (unpaired) electrons. The number of likely N-dealkylation sites (N-methyl/N-ethyl adjacent to an activating group) is 1. The van der Waals surface area contributed by atoms with E-state index in [0.717, 1.165) is 53.7 Å². The highest BCUT2D eigenvalue weighted by atomic mass is 19.1. The van der Waals surface area contributed by atoms with E-state index >= 15 is 4.39 Å². The Morgan fingerprint density at radius 2 is 1.70 bits per heavy atom. The minimum absolute atomic E-state index is 0.140. The summed E-state index contributed by atoms with van der Waals surface area (Å²) in [5.41, 5.74) is 3.84. The molecule has 0 spiro atoms. The number of carbonyl (C=O) groups is 1. The van der Waals surface area contributed by atoms with Gasteiger partial charge < -0.3 is 9.47 Å². The van der Waals surface area contributed by atoms with Gasteiger partial charge in [0.15, 0.2) is 11.6 Å². The van der Waals surface area contributed by atoms with Gasteiger partial charge in [-0.3, -0.25) is 4.79 Å². The summed E-state index contributed by atoms with van der Waals surface area (Å²) in [5, 5.41) is 9.63. The highest BCUT2D eigenvalue weighted by Gasteiger charge is 2.27. The number of aryl methyl sites for hydroxylation is 1. The third-order valence-corrected chi connectivity index (χ3v) is 6.29. The number of hydrogen-bond acceptors (Lipinski definition) is 4. The Balaban J connectivity index is 1.79. The first-order valence-electron chi connectivity index (χ1n) is 10.5. The number of carbonyl (C=O) groups excluding carboxylic acids is 1. The summed E-state index contributed by atoms with van der Waals surface area (Å²) in [5.74, 6) is -0.204. The number of fused-ring (bicyclic) bond motifs is 5. The summed E-state index contributed by atoms with van der Waals surface area (Å²) in [4.78, 5) is 16.0. The zero-order valence-corrected chi connectivity index (χ0v) is 17.2. The number of nitrogens with zero attached hydrogens (tertiary/aromatic N) is 5. The Morgan fingerprint density at radius 3 is 2.43 bits per heavy atom. The van der Waals surface area contributed by atoms with Crippen molar-refractivity contribution in [1.82, 2.24) is 24.5 Å². The van der Waals surface area contributed by atoms with Gasteiger partial charge in [0.1, 0.15) is 5.69 Å². The summed E-state index contributed by atoms with van der Waals surface area (Å²) in [6.07, 6.45) is 4.22. The molecular formula is C23H24FN5O. The minimum Gasteiger partial charge on any atom is -0.339 e. The number of Topliss-reactive ketones (excluding diaryl/α,β-unsaturated/α-hetero) is 1. The normalized spacial score (nSPS) is 13.8. The summed E-state index contributed by atoms with van der Waals surface area (Å²) in [7, 11) is 0. The summed E-state index contributed by atoms with van der Waals surface area (Å²) < 4.78 is 18.1. The average Bonchev–Trinajstić information content (AvgIpc) is 3.48. The molecular weight excluding hydrogens is 381 g/mol. The minimum atomic E-state index is -0.344. The fraction of sp³-hybridized carbons (Fsp3) is 0.348. The van der Waals surface area contributed by atoms with Gasteiger partial charge in [0.25, 0.3) is 0 Å². The third kappa shape index (κ3) is 2.76. The Labute approximate surface area is 173 Å². The van der Waals surface area contributed by atoms with Gasteiger partial charge >= 0.3 is 0 Å². The predicted molar refractivity (Wildman–Crippen MR) is 115 cm³/mol. The fourth-order valence-electron chi connectivity index (χ4n) is 4.70. The standard InChI is InChI=1S/C23H24FN5O/c1-3-27(4-2)13-14-28-17-7-5-15-16(6-10-20(15)30)21(17)22-18(28)8-9-19(23(22)24)29-25-11-12-26-29/h5,7-9,11-12H,3-4,6,10,13-14H2,1-2H3.